The third-order valence-corrected chi connectivity index (χ3v) is 2.13. The predicted octanol–water partition coefficient (Wildman–Crippen LogP) is 2.05. The Balaban J connectivity index is 3.28. The van der Waals surface area contributed by atoms with Gasteiger partial charge < -0.3 is 15.2 Å². The lowest BCUT2D eigenvalue weighted by atomic mass is 10.3. The van der Waals surface area contributed by atoms with Gasteiger partial charge in [0.25, 0.3) is 0 Å². The van der Waals surface area contributed by atoms with Crippen LogP contribution in [-0.4, -0.2) is 14.2 Å². The van der Waals surface area contributed by atoms with E-state index in [1.165, 1.54) is 0 Å². The minimum absolute atomic E-state index is 0.562. The van der Waals surface area contributed by atoms with Crippen molar-refractivity contribution in [2.75, 3.05) is 20.0 Å². The lowest BCUT2D eigenvalue weighted by Gasteiger charge is -2.10. The Labute approximate surface area is 79.6 Å². The summed E-state index contributed by atoms with van der Waals surface area (Å²) in [6, 6.07) is 3.57. The molecule has 0 aliphatic rings. The van der Waals surface area contributed by atoms with E-state index < -0.39 is 0 Å². The van der Waals surface area contributed by atoms with Crippen LogP contribution >= 0.6 is 15.9 Å². The highest BCUT2D eigenvalue weighted by molar-refractivity contribution is 9.10. The smallest absolute Gasteiger partial charge is 0.184 e. The van der Waals surface area contributed by atoms with Crippen molar-refractivity contribution in [3.05, 3.63) is 16.6 Å². The number of rotatable bonds is 2. The molecule has 0 heterocycles. The first kappa shape index (κ1) is 9.19. The summed E-state index contributed by atoms with van der Waals surface area (Å²) < 4.78 is 11.0. The van der Waals surface area contributed by atoms with Gasteiger partial charge in [0.05, 0.1) is 24.4 Å². The number of benzene rings is 1. The van der Waals surface area contributed by atoms with Crippen LogP contribution in [0.2, 0.25) is 0 Å². The minimum Gasteiger partial charge on any atom is -0.492 e. The molecule has 2 N–H and O–H groups in total. The molecule has 0 amide bonds. The molecule has 0 atom stereocenters. The maximum absolute atomic E-state index is 5.65. The molecule has 0 bridgehead atoms. The number of halogens is 1. The molecule has 0 saturated carbocycles. The Morgan fingerprint density at radius 3 is 2.17 bits per heavy atom. The van der Waals surface area contributed by atoms with Gasteiger partial charge in [-0.1, -0.05) is 0 Å². The molecule has 1 aromatic rings. The second-order valence-electron chi connectivity index (χ2n) is 2.20. The summed E-state index contributed by atoms with van der Waals surface area (Å²) >= 11 is 3.32. The molecule has 0 aliphatic carbocycles. The normalized spacial score (nSPS) is 9.58. The monoisotopic (exact) mass is 231 g/mol. The van der Waals surface area contributed by atoms with Crippen molar-refractivity contribution < 1.29 is 9.47 Å². The number of nitrogen functional groups attached to an aromatic ring is 1. The van der Waals surface area contributed by atoms with Crippen molar-refractivity contribution in [3.8, 4) is 11.5 Å². The molecule has 12 heavy (non-hydrogen) atoms. The van der Waals surface area contributed by atoms with Gasteiger partial charge in [0.15, 0.2) is 11.5 Å². The molecule has 0 saturated heterocycles. The van der Waals surface area contributed by atoms with Gasteiger partial charge in [-0.15, -0.1) is 0 Å². The quantitative estimate of drug-likeness (QED) is 0.793. The summed E-state index contributed by atoms with van der Waals surface area (Å²) in [6.07, 6.45) is 0. The third-order valence-electron chi connectivity index (χ3n) is 1.50. The summed E-state index contributed by atoms with van der Waals surface area (Å²) in [5.74, 6) is 1.18. The largest absolute Gasteiger partial charge is 0.492 e. The molecule has 1 rings (SSSR count). The molecule has 0 aliphatic heterocycles. The number of nitrogens with two attached hydrogens (primary N) is 1. The highest BCUT2D eigenvalue weighted by Crippen LogP contribution is 2.39. The lowest BCUT2D eigenvalue weighted by molar-refractivity contribution is 0.354. The van der Waals surface area contributed by atoms with Gasteiger partial charge in [-0.05, 0) is 28.1 Å². The Bertz CT molecular complexity index is 260. The number of ether oxygens (including phenoxy) is 2. The molecule has 0 unspecified atom stereocenters. The van der Waals surface area contributed by atoms with Gasteiger partial charge in [-0.2, -0.15) is 0 Å². The maximum atomic E-state index is 5.65. The number of methoxy groups -OCH3 is 2. The summed E-state index contributed by atoms with van der Waals surface area (Å²) in [6.45, 7) is 0. The zero-order valence-corrected chi connectivity index (χ0v) is 8.51. The molecule has 66 valence electrons. The van der Waals surface area contributed by atoms with Gasteiger partial charge in [0, 0.05) is 0 Å². The van der Waals surface area contributed by atoms with Crippen LogP contribution in [-0.2, 0) is 0 Å². The molecule has 0 radical (unpaired) electrons. The average Bonchev–Trinajstić information content (AvgIpc) is 2.08. The first-order valence-electron chi connectivity index (χ1n) is 3.36. The van der Waals surface area contributed by atoms with Crippen molar-refractivity contribution >= 4 is 21.6 Å². The van der Waals surface area contributed by atoms with Crippen LogP contribution in [0.15, 0.2) is 16.6 Å². The van der Waals surface area contributed by atoms with Crippen LogP contribution in [0.5, 0.6) is 11.5 Å². The SMILES string of the molecule is COc1c(N)ccc(Br)c1OC. The summed E-state index contributed by atoms with van der Waals surface area (Å²) in [5.41, 5.74) is 6.22. The zero-order valence-electron chi connectivity index (χ0n) is 6.93. The van der Waals surface area contributed by atoms with Gasteiger partial charge in [0.2, 0.25) is 0 Å². The topological polar surface area (TPSA) is 44.5 Å². The van der Waals surface area contributed by atoms with Gasteiger partial charge in [-0.25, -0.2) is 0 Å². The molecular weight excluding hydrogens is 222 g/mol. The van der Waals surface area contributed by atoms with Crippen molar-refractivity contribution in [3.63, 3.8) is 0 Å². The summed E-state index contributed by atoms with van der Waals surface area (Å²) in [7, 11) is 3.13. The van der Waals surface area contributed by atoms with Crippen molar-refractivity contribution in [2.45, 2.75) is 0 Å². The molecule has 0 aromatic heterocycles. The van der Waals surface area contributed by atoms with E-state index in [1.807, 2.05) is 6.07 Å². The third kappa shape index (κ3) is 1.48. The first-order valence-corrected chi connectivity index (χ1v) is 4.16. The van der Waals surface area contributed by atoms with E-state index in [2.05, 4.69) is 15.9 Å². The molecule has 1 aromatic carbocycles. The van der Waals surface area contributed by atoms with Crippen LogP contribution in [0, 0.1) is 0 Å². The number of hydrogen-bond donors (Lipinski definition) is 1. The second-order valence-corrected chi connectivity index (χ2v) is 3.06. The van der Waals surface area contributed by atoms with Crippen LogP contribution in [0.3, 0.4) is 0 Å². The van der Waals surface area contributed by atoms with Crippen molar-refractivity contribution in [1.29, 1.82) is 0 Å². The minimum atomic E-state index is 0.562. The molecule has 0 fully saturated rings. The second kappa shape index (κ2) is 3.67. The van der Waals surface area contributed by atoms with Gasteiger partial charge in [0.1, 0.15) is 0 Å². The van der Waals surface area contributed by atoms with E-state index in [-0.39, 0.29) is 0 Å². The molecule has 4 heteroatoms. The van der Waals surface area contributed by atoms with Crippen molar-refractivity contribution in [2.24, 2.45) is 0 Å². The lowest BCUT2D eigenvalue weighted by Crippen LogP contribution is -1.96. The summed E-state index contributed by atoms with van der Waals surface area (Å²) in [5, 5.41) is 0. The molecule has 3 nitrogen and oxygen atoms in total. The van der Waals surface area contributed by atoms with Crippen molar-refractivity contribution in [1.82, 2.24) is 0 Å². The van der Waals surface area contributed by atoms with Crippen LogP contribution < -0.4 is 15.2 Å². The predicted molar refractivity (Wildman–Crippen MR) is 51.7 cm³/mol. The Kier molecular flexibility index (Phi) is 2.81. The van der Waals surface area contributed by atoms with E-state index in [4.69, 9.17) is 15.2 Å². The highest BCUT2D eigenvalue weighted by atomic mass is 79.9. The fourth-order valence-corrected chi connectivity index (χ4v) is 1.43. The van der Waals surface area contributed by atoms with Gasteiger partial charge in [-0.3, -0.25) is 0 Å². The van der Waals surface area contributed by atoms with E-state index in [0.29, 0.717) is 17.2 Å². The fourth-order valence-electron chi connectivity index (χ4n) is 0.955. The van der Waals surface area contributed by atoms with E-state index in [9.17, 15) is 0 Å². The number of hydrogen-bond acceptors (Lipinski definition) is 3. The van der Waals surface area contributed by atoms with Crippen LogP contribution in [0.1, 0.15) is 0 Å². The first-order chi connectivity index (χ1) is 5.70. The Morgan fingerprint density at radius 2 is 1.75 bits per heavy atom. The van der Waals surface area contributed by atoms with E-state index in [1.54, 1.807) is 20.3 Å². The maximum Gasteiger partial charge on any atom is 0.184 e. The number of anilines is 1. The van der Waals surface area contributed by atoms with E-state index in [0.717, 1.165) is 4.47 Å². The zero-order chi connectivity index (χ0) is 9.14. The average molecular weight is 232 g/mol. The van der Waals surface area contributed by atoms with Crippen LogP contribution in [0.4, 0.5) is 5.69 Å². The standard InChI is InChI=1S/C8H10BrNO2/c1-11-7-5(9)3-4-6(10)8(7)12-2/h3-4H,10H2,1-2H3. The van der Waals surface area contributed by atoms with Crippen LogP contribution in [0.25, 0.3) is 0 Å². The summed E-state index contributed by atoms with van der Waals surface area (Å²) in [4.78, 5) is 0. The highest BCUT2D eigenvalue weighted by Gasteiger charge is 2.10. The fraction of sp³-hybridized carbons (Fsp3) is 0.250. The molecular formula is C8H10BrNO2. The van der Waals surface area contributed by atoms with Gasteiger partial charge >= 0.3 is 0 Å². The van der Waals surface area contributed by atoms with E-state index >= 15 is 0 Å². The molecule has 0 spiro atoms. The Morgan fingerprint density at radius 1 is 1.17 bits per heavy atom. The Hall–Kier alpha value is -0.900.